The molecule has 2 aliphatic rings. The molecule has 1 aromatic carbocycles. The lowest BCUT2D eigenvalue weighted by atomic mass is 9.86. The molecular weight excluding hydrogens is 434 g/mol. The van der Waals surface area contributed by atoms with Gasteiger partial charge in [0.15, 0.2) is 6.10 Å². The number of aliphatic hydroxyl groups is 3. The minimum Gasteiger partial charge on any atom is -0.479 e. The number of fused-ring (bicyclic) bond motifs is 3. The maximum atomic E-state index is 12.9. The number of aromatic amines is 1. The van der Waals surface area contributed by atoms with Crippen molar-refractivity contribution in [3.05, 3.63) is 35.0 Å². The first-order valence-corrected chi connectivity index (χ1v) is 11.1. The van der Waals surface area contributed by atoms with Gasteiger partial charge in [0.05, 0.1) is 18.7 Å². The molecule has 4 rings (SSSR count). The van der Waals surface area contributed by atoms with Crippen LogP contribution in [0.4, 0.5) is 0 Å². The average molecular weight is 463 g/mol. The zero-order valence-corrected chi connectivity index (χ0v) is 18.5. The number of H-pyrrole nitrogens is 1. The van der Waals surface area contributed by atoms with Gasteiger partial charge in [-0.25, -0.2) is 4.79 Å². The summed E-state index contributed by atoms with van der Waals surface area (Å²) in [6.07, 6.45) is -7.34. The van der Waals surface area contributed by atoms with Crippen LogP contribution in [-0.2, 0) is 42.2 Å². The number of hydrogen-bond donors (Lipinski definition) is 5. The quantitative estimate of drug-likeness (QED) is 0.389. The first kappa shape index (κ1) is 23.7. The van der Waals surface area contributed by atoms with E-state index in [1.807, 2.05) is 25.1 Å². The van der Waals surface area contributed by atoms with Crippen LogP contribution in [-0.4, -0.2) is 74.7 Å². The van der Waals surface area contributed by atoms with Gasteiger partial charge in [-0.1, -0.05) is 32.0 Å². The summed E-state index contributed by atoms with van der Waals surface area (Å²) in [6, 6.07) is 6.10. The van der Waals surface area contributed by atoms with E-state index in [0.29, 0.717) is 19.4 Å². The van der Waals surface area contributed by atoms with Crippen LogP contribution in [0.1, 0.15) is 43.5 Å². The van der Waals surface area contributed by atoms with Crippen LogP contribution in [0.2, 0.25) is 0 Å². The highest BCUT2D eigenvalue weighted by atomic mass is 16.7. The molecule has 0 radical (unpaired) electrons. The fraction of sp³-hybridized carbons (Fsp3) is 0.565. The van der Waals surface area contributed by atoms with Gasteiger partial charge in [-0.15, -0.1) is 0 Å². The number of aliphatic carboxylic acids is 1. The SMILES string of the molecule is CCc1cccc2c3c([nH]c12)C(CC)(CC(=O)OC1O[C@H](C(=O)O)[C@@H](O)[C@H](O)[C@H]1O)OCC3. The minimum absolute atomic E-state index is 0.215. The first-order valence-electron chi connectivity index (χ1n) is 11.1. The summed E-state index contributed by atoms with van der Waals surface area (Å²) in [4.78, 5) is 27.7. The summed E-state index contributed by atoms with van der Waals surface area (Å²) in [5, 5.41) is 40.2. The third kappa shape index (κ3) is 4.02. The van der Waals surface area contributed by atoms with Gasteiger partial charge in [-0.3, -0.25) is 4.79 Å². The number of ether oxygens (including phenoxy) is 3. The molecule has 2 aromatic rings. The average Bonchev–Trinajstić information content (AvgIpc) is 3.19. The molecule has 0 spiro atoms. The monoisotopic (exact) mass is 463 g/mol. The lowest BCUT2D eigenvalue weighted by molar-refractivity contribution is -0.287. The Morgan fingerprint density at radius 3 is 2.61 bits per heavy atom. The van der Waals surface area contributed by atoms with Crippen LogP contribution < -0.4 is 0 Å². The summed E-state index contributed by atoms with van der Waals surface area (Å²) in [7, 11) is 0. The molecule has 2 unspecified atom stereocenters. The maximum absolute atomic E-state index is 12.9. The van der Waals surface area contributed by atoms with Crippen molar-refractivity contribution < 1.29 is 44.2 Å². The Hall–Kier alpha value is -2.50. The molecule has 0 saturated carbocycles. The van der Waals surface area contributed by atoms with Crippen molar-refractivity contribution in [2.75, 3.05) is 6.61 Å². The highest BCUT2D eigenvalue weighted by Crippen LogP contribution is 2.42. The number of rotatable bonds is 6. The number of nitrogens with one attached hydrogen (secondary N) is 1. The Labute approximate surface area is 190 Å². The van der Waals surface area contributed by atoms with Crippen LogP contribution in [0.3, 0.4) is 0 Å². The third-order valence-electron chi connectivity index (χ3n) is 6.66. The molecule has 1 fully saturated rings. The summed E-state index contributed by atoms with van der Waals surface area (Å²) < 4.78 is 16.4. The van der Waals surface area contributed by atoms with E-state index in [2.05, 4.69) is 11.9 Å². The summed E-state index contributed by atoms with van der Waals surface area (Å²) in [5.41, 5.74) is 3.04. The number of carbonyl (C=O) groups excluding carboxylic acids is 1. The zero-order valence-electron chi connectivity index (χ0n) is 18.5. The standard InChI is InChI=1S/C23H29NO9/c1-3-11-6-5-7-12-13-8-9-31-23(4-2,20(13)24-15(11)12)10-14(25)32-22-18(28)16(26)17(27)19(33-22)21(29)30/h5-7,16-19,22,24,26-28H,3-4,8-10H2,1-2H3,(H,29,30)/t16-,17-,18+,19-,22?,23?/m0/s1. The van der Waals surface area contributed by atoms with Gasteiger partial charge < -0.3 is 39.6 Å². The van der Waals surface area contributed by atoms with Crippen LogP contribution in [0.15, 0.2) is 18.2 Å². The Kier molecular flexibility index (Phi) is 6.47. The molecule has 0 bridgehead atoms. The molecule has 10 nitrogen and oxygen atoms in total. The van der Waals surface area contributed by atoms with Crippen molar-refractivity contribution >= 4 is 22.8 Å². The van der Waals surface area contributed by atoms with Gasteiger partial charge in [-0.05, 0) is 30.4 Å². The van der Waals surface area contributed by atoms with Crippen molar-refractivity contribution in [3.8, 4) is 0 Å². The Bertz CT molecular complexity index is 1050. The number of carboxylic acids is 1. The van der Waals surface area contributed by atoms with E-state index >= 15 is 0 Å². The normalized spacial score (nSPS) is 31.8. The van der Waals surface area contributed by atoms with Crippen molar-refractivity contribution in [1.29, 1.82) is 0 Å². The van der Waals surface area contributed by atoms with Crippen molar-refractivity contribution in [2.24, 2.45) is 0 Å². The van der Waals surface area contributed by atoms with E-state index in [1.54, 1.807) is 0 Å². The van der Waals surface area contributed by atoms with Gasteiger partial charge in [0.25, 0.3) is 0 Å². The van der Waals surface area contributed by atoms with Gasteiger partial charge >= 0.3 is 11.9 Å². The molecule has 33 heavy (non-hydrogen) atoms. The van der Waals surface area contributed by atoms with E-state index in [0.717, 1.165) is 34.1 Å². The number of aryl methyl sites for hydroxylation is 1. The van der Waals surface area contributed by atoms with Gasteiger partial charge in [0.2, 0.25) is 6.29 Å². The number of aromatic nitrogens is 1. The number of hydrogen-bond acceptors (Lipinski definition) is 8. The second-order valence-electron chi connectivity index (χ2n) is 8.52. The third-order valence-corrected chi connectivity index (χ3v) is 6.66. The first-order chi connectivity index (χ1) is 15.7. The number of carbonyl (C=O) groups is 2. The van der Waals surface area contributed by atoms with Crippen molar-refractivity contribution in [2.45, 2.75) is 75.8 Å². The minimum atomic E-state index is -1.86. The van der Waals surface area contributed by atoms with E-state index in [4.69, 9.17) is 14.2 Å². The Balaban J connectivity index is 1.60. The van der Waals surface area contributed by atoms with Crippen LogP contribution in [0.25, 0.3) is 10.9 Å². The number of para-hydroxylation sites is 1. The lowest BCUT2D eigenvalue weighted by Gasteiger charge is -2.39. The van der Waals surface area contributed by atoms with Crippen molar-refractivity contribution in [3.63, 3.8) is 0 Å². The number of benzene rings is 1. The summed E-state index contributed by atoms with van der Waals surface area (Å²) >= 11 is 0. The largest absolute Gasteiger partial charge is 0.479 e. The second-order valence-corrected chi connectivity index (χ2v) is 8.52. The van der Waals surface area contributed by atoms with Crippen LogP contribution in [0, 0.1) is 0 Å². The summed E-state index contributed by atoms with van der Waals surface area (Å²) in [6.45, 7) is 4.37. The number of carboxylic acid groups (broad SMARTS) is 1. The zero-order chi connectivity index (χ0) is 23.9. The van der Waals surface area contributed by atoms with E-state index in [1.165, 1.54) is 0 Å². The van der Waals surface area contributed by atoms with Crippen LogP contribution in [0.5, 0.6) is 0 Å². The molecule has 0 aliphatic carbocycles. The highest BCUT2D eigenvalue weighted by molar-refractivity contribution is 5.88. The van der Waals surface area contributed by atoms with Crippen molar-refractivity contribution in [1.82, 2.24) is 4.98 Å². The second kappa shape index (κ2) is 9.03. The fourth-order valence-corrected chi connectivity index (χ4v) is 4.80. The molecule has 2 aliphatic heterocycles. The van der Waals surface area contributed by atoms with E-state index in [9.17, 15) is 30.0 Å². The lowest BCUT2D eigenvalue weighted by Crippen LogP contribution is -2.60. The fourth-order valence-electron chi connectivity index (χ4n) is 4.80. The molecule has 3 heterocycles. The predicted molar refractivity (Wildman–Crippen MR) is 114 cm³/mol. The molecule has 0 amide bonds. The van der Waals surface area contributed by atoms with E-state index in [-0.39, 0.29) is 6.42 Å². The van der Waals surface area contributed by atoms with Gasteiger partial charge in [0.1, 0.15) is 23.9 Å². The molecule has 180 valence electrons. The molecule has 1 saturated heterocycles. The van der Waals surface area contributed by atoms with Crippen LogP contribution >= 0.6 is 0 Å². The number of aliphatic hydroxyl groups excluding tert-OH is 3. The van der Waals surface area contributed by atoms with Gasteiger partial charge in [-0.2, -0.15) is 0 Å². The molecule has 5 N–H and O–H groups in total. The van der Waals surface area contributed by atoms with Gasteiger partial charge in [0, 0.05) is 10.9 Å². The Morgan fingerprint density at radius 2 is 1.94 bits per heavy atom. The molecule has 1 aromatic heterocycles. The highest BCUT2D eigenvalue weighted by Gasteiger charge is 2.49. The number of esters is 1. The molecule has 6 atom stereocenters. The smallest absolute Gasteiger partial charge is 0.335 e. The Morgan fingerprint density at radius 1 is 1.18 bits per heavy atom. The summed E-state index contributed by atoms with van der Waals surface area (Å²) in [5.74, 6) is -2.35. The molecule has 10 heteroatoms. The maximum Gasteiger partial charge on any atom is 0.335 e. The topological polar surface area (TPSA) is 159 Å². The predicted octanol–water partition coefficient (Wildman–Crippen LogP) is 0.734. The van der Waals surface area contributed by atoms with E-state index < -0.39 is 48.2 Å². The molecular formula is C23H29NO9.